The van der Waals surface area contributed by atoms with Crippen molar-refractivity contribution in [3.63, 3.8) is 0 Å². The summed E-state index contributed by atoms with van der Waals surface area (Å²) in [5, 5.41) is 0.629. The van der Waals surface area contributed by atoms with Gasteiger partial charge in [-0.2, -0.15) is 0 Å². The summed E-state index contributed by atoms with van der Waals surface area (Å²) in [6.45, 7) is 10.3. The zero-order valence-electron chi connectivity index (χ0n) is 18.1. The number of aromatic nitrogens is 2. The molecule has 1 saturated heterocycles. The number of fused-ring (bicyclic) bond motifs is 1. The third kappa shape index (κ3) is 4.17. The topological polar surface area (TPSA) is 38.1 Å². The molecule has 0 amide bonds. The van der Waals surface area contributed by atoms with Crippen molar-refractivity contribution in [2.45, 2.75) is 46.1 Å². The maximum Gasteiger partial charge on any atom is 0.261 e. The van der Waals surface area contributed by atoms with Crippen molar-refractivity contribution in [3.8, 4) is 11.1 Å². The molecule has 0 saturated carbocycles. The molecule has 5 heteroatoms. The van der Waals surface area contributed by atoms with Crippen molar-refractivity contribution in [3.05, 3.63) is 64.5 Å². The van der Waals surface area contributed by atoms with E-state index in [1.807, 2.05) is 22.8 Å². The van der Waals surface area contributed by atoms with Crippen LogP contribution in [-0.4, -0.2) is 34.1 Å². The number of likely N-dealkylation sites (tertiary alicyclic amines) is 1. The van der Waals surface area contributed by atoms with Gasteiger partial charge in [-0.05, 0) is 67.2 Å². The van der Waals surface area contributed by atoms with Crippen LogP contribution in [0.2, 0.25) is 0 Å². The molecule has 1 aliphatic heterocycles. The Morgan fingerprint density at radius 1 is 1.13 bits per heavy atom. The minimum atomic E-state index is -0.265. The van der Waals surface area contributed by atoms with Crippen LogP contribution < -0.4 is 5.56 Å². The van der Waals surface area contributed by atoms with E-state index in [2.05, 4.69) is 25.7 Å². The lowest BCUT2D eigenvalue weighted by Crippen LogP contribution is -2.39. The predicted octanol–water partition coefficient (Wildman–Crippen LogP) is 5.06. The summed E-state index contributed by atoms with van der Waals surface area (Å²) >= 11 is 0. The Morgan fingerprint density at radius 3 is 2.57 bits per heavy atom. The van der Waals surface area contributed by atoms with Crippen LogP contribution in [0.3, 0.4) is 0 Å². The summed E-state index contributed by atoms with van der Waals surface area (Å²) in [6, 6.07) is 12.1. The van der Waals surface area contributed by atoms with Crippen molar-refractivity contribution in [2.24, 2.45) is 5.92 Å². The van der Waals surface area contributed by atoms with Crippen molar-refractivity contribution in [2.75, 3.05) is 19.6 Å². The van der Waals surface area contributed by atoms with E-state index in [0.717, 1.165) is 48.5 Å². The van der Waals surface area contributed by atoms with Gasteiger partial charge in [-0.25, -0.2) is 9.37 Å². The second-order valence-corrected chi connectivity index (χ2v) is 8.68. The Labute approximate surface area is 177 Å². The molecule has 3 aromatic rings. The van der Waals surface area contributed by atoms with Crippen LogP contribution in [0.1, 0.15) is 45.4 Å². The summed E-state index contributed by atoms with van der Waals surface area (Å²) in [6.07, 6.45) is 2.33. The quantitative estimate of drug-likeness (QED) is 0.593. The average Bonchev–Trinajstić information content (AvgIpc) is 2.76. The third-order valence-corrected chi connectivity index (χ3v) is 6.17. The monoisotopic (exact) mass is 407 g/mol. The molecule has 30 heavy (non-hydrogen) atoms. The smallest absolute Gasteiger partial charge is 0.261 e. The highest BCUT2D eigenvalue weighted by Gasteiger charge is 2.22. The first-order chi connectivity index (χ1) is 14.5. The van der Waals surface area contributed by atoms with Crippen molar-refractivity contribution < 1.29 is 4.39 Å². The summed E-state index contributed by atoms with van der Waals surface area (Å²) in [5.41, 5.74) is 2.55. The molecule has 2 heterocycles. The normalized spacial score (nSPS) is 17.7. The van der Waals surface area contributed by atoms with Gasteiger partial charge in [0.1, 0.15) is 11.6 Å². The van der Waals surface area contributed by atoms with Gasteiger partial charge in [0, 0.05) is 19.0 Å². The van der Waals surface area contributed by atoms with E-state index in [0.29, 0.717) is 17.8 Å². The lowest BCUT2D eigenvalue weighted by molar-refractivity contribution is 0.168. The summed E-state index contributed by atoms with van der Waals surface area (Å²) in [5.74, 6) is 1.23. The van der Waals surface area contributed by atoms with Crippen LogP contribution >= 0.6 is 0 Å². The largest absolute Gasteiger partial charge is 0.303 e. The number of piperidine rings is 1. The number of rotatable bonds is 5. The average molecular weight is 408 g/mol. The number of hydrogen-bond acceptors (Lipinski definition) is 3. The highest BCUT2D eigenvalue weighted by Crippen LogP contribution is 2.25. The van der Waals surface area contributed by atoms with E-state index in [4.69, 9.17) is 4.98 Å². The predicted molar refractivity (Wildman–Crippen MR) is 120 cm³/mol. The molecule has 0 aliphatic carbocycles. The first-order valence-corrected chi connectivity index (χ1v) is 11.0. The first-order valence-electron chi connectivity index (χ1n) is 11.0. The maximum atomic E-state index is 13.6. The minimum absolute atomic E-state index is 0.0290. The van der Waals surface area contributed by atoms with Gasteiger partial charge in [-0.1, -0.05) is 39.0 Å². The summed E-state index contributed by atoms with van der Waals surface area (Å²) in [7, 11) is 0. The highest BCUT2D eigenvalue weighted by molar-refractivity contribution is 5.83. The van der Waals surface area contributed by atoms with Gasteiger partial charge in [0.25, 0.3) is 5.56 Å². The molecule has 0 spiro atoms. The number of benzene rings is 2. The highest BCUT2D eigenvalue weighted by atomic mass is 19.1. The van der Waals surface area contributed by atoms with Crippen molar-refractivity contribution in [1.82, 2.24) is 14.5 Å². The Bertz CT molecular complexity index is 1090. The molecule has 4 nitrogen and oxygen atoms in total. The van der Waals surface area contributed by atoms with Gasteiger partial charge in [-0.3, -0.25) is 9.36 Å². The molecule has 0 unspecified atom stereocenters. The Hall–Kier alpha value is -2.53. The molecular weight excluding hydrogens is 377 g/mol. The molecule has 0 N–H and O–H groups in total. The molecule has 4 rings (SSSR count). The number of halogens is 1. The molecule has 158 valence electrons. The van der Waals surface area contributed by atoms with Crippen LogP contribution in [0, 0.1) is 11.7 Å². The van der Waals surface area contributed by atoms with Crippen molar-refractivity contribution >= 4 is 10.9 Å². The molecule has 1 fully saturated rings. The molecule has 0 radical (unpaired) electrons. The fraction of sp³-hybridized carbons (Fsp3) is 0.440. The van der Waals surface area contributed by atoms with E-state index in [1.165, 1.54) is 18.6 Å². The third-order valence-electron chi connectivity index (χ3n) is 6.17. The summed E-state index contributed by atoms with van der Waals surface area (Å²) in [4.78, 5) is 20.9. The first kappa shape index (κ1) is 20.7. The SMILES string of the molecule is CCN1CCC[C@@H](Cn2c(C(C)C)nc3ccc(-c4ccc(F)cc4)cc3c2=O)C1. The lowest BCUT2D eigenvalue weighted by atomic mass is 9.97. The van der Waals surface area contributed by atoms with E-state index in [1.54, 1.807) is 12.1 Å². The van der Waals surface area contributed by atoms with Crippen LogP contribution in [0.5, 0.6) is 0 Å². The summed E-state index contributed by atoms with van der Waals surface area (Å²) < 4.78 is 15.2. The molecule has 1 atom stereocenters. The van der Waals surface area contributed by atoms with Crippen LogP contribution in [0.25, 0.3) is 22.0 Å². The van der Waals surface area contributed by atoms with Crippen LogP contribution in [0.15, 0.2) is 47.3 Å². The van der Waals surface area contributed by atoms with Gasteiger partial charge in [0.2, 0.25) is 0 Å². The van der Waals surface area contributed by atoms with Gasteiger partial charge in [-0.15, -0.1) is 0 Å². The second kappa shape index (κ2) is 8.68. The Morgan fingerprint density at radius 2 is 1.87 bits per heavy atom. The number of hydrogen-bond donors (Lipinski definition) is 0. The van der Waals surface area contributed by atoms with E-state index < -0.39 is 0 Å². The number of nitrogens with zero attached hydrogens (tertiary/aromatic N) is 3. The molecular formula is C25H30FN3O. The lowest BCUT2D eigenvalue weighted by Gasteiger charge is -2.32. The van der Waals surface area contributed by atoms with Gasteiger partial charge < -0.3 is 4.90 Å². The van der Waals surface area contributed by atoms with Crippen LogP contribution in [-0.2, 0) is 6.54 Å². The Balaban J connectivity index is 1.77. The van der Waals surface area contributed by atoms with Gasteiger partial charge >= 0.3 is 0 Å². The standard InChI is InChI=1S/C25H30FN3O/c1-4-28-13-5-6-18(15-28)16-29-24(17(2)3)27-23-12-9-20(14-22(23)25(29)30)19-7-10-21(26)11-8-19/h7-12,14,17-18H,4-6,13,15-16H2,1-3H3/t18-/m1/s1. The molecule has 1 aliphatic rings. The zero-order chi connectivity index (χ0) is 21.3. The second-order valence-electron chi connectivity index (χ2n) is 8.68. The Kier molecular flexibility index (Phi) is 6.00. The van der Waals surface area contributed by atoms with Gasteiger partial charge in [0.15, 0.2) is 0 Å². The zero-order valence-corrected chi connectivity index (χ0v) is 18.1. The van der Waals surface area contributed by atoms with Crippen molar-refractivity contribution in [1.29, 1.82) is 0 Å². The minimum Gasteiger partial charge on any atom is -0.303 e. The molecule has 1 aromatic heterocycles. The van der Waals surface area contributed by atoms with E-state index >= 15 is 0 Å². The fourth-order valence-electron chi connectivity index (χ4n) is 4.52. The molecule has 0 bridgehead atoms. The van der Waals surface area contributed by atoms with E-state index in [-0.39, 0.29) is 17.3 Å². The van der Waals surface area contributed by atoms with Crippen LogP contribution in [0.4, 0.5) is 4.39 Å². The molecule has 2 aromatic carbocycles. The fourth-order valence-corrected chi connectivity index (χ4v) is 4.52. The van der Waals surface area contributed by atoms with Gasteiger partial charge in [0.05, 0.1) is 10.9 Å². The van der Waals surface area contributed by atoms with E-state index in [9.17, 15) is 9.18 Å². The maximum absolute atomic E-state index is 13.6.